The predicted octanol–water partition coefficient (Wildman–Crippen LogP) is 4.00. The average Bonchev–Trinajstić information content (AvgIpc) is 2.71. The first-order valence-electron chi connectivity index (χ1n) is 9.05. The van der Waals surface area contributed by atoms with Gasteiger partial charge in [-0.15, -0.1) is 6.58 Å². The quantitative estimate of drug-likeness (QED) is 0.727. The Morgan fingerprint density at radius 1 is 1.31 bits per heavy atom. The molecule has 0 aromatic heterocycles. The Morgan fingerprint density at radius 3 is 2.76 bits per heavy atom. The second-order valence-corrected chi connectivity index (χ2v) is 6.49. The zero-order valence-corrected chi connectivity index (χ0v) is 16.2. The summed E-state index contributed by atoms with van der Waals surface area (Å²) >= 11 is 0. The number of carbonyl (C=O) groups is 2. The van der Waals surface area contributed by atoms with Crippen LogP contribution in [0.3, 0.4) is 0 Å². The van der Waals surface area contributed by atoms with Crippen molar-refractivity contribution < 1.29 is 18.7 Å². The molecule has 7 heteroatoms. The van der Waals surface area contributed by atoms with Crippen LogP contribution in [0.15, 0.2) is 72.5 Å². The Hall–Kier alpha value is -3.61. The molecule has 0 saturated heterocycles. The van der Waals surface area contributed by atoms with Crippen LogP contribution in [-0.4, -0.2) is 30.5 Å². The molecule has 3 rings (SSSR count). The van der Waals surface area contributed by atoms with Gasteiger partial charge in [-0.3, -0.25) is 9.69 Å². The van der Waals surface area contributed by atoms with E-state index in [-0.39, 0.29) is 12.6 Å². The first kappa shape index (κ1) is 20.1. The molecule has 0 bridgehead atoms. The molecule has 2 aromatic rings. The van der Waals surface area contributed by atoms with E-state index in [4.69, 9.17) is 4.74 Å². The number of nitrogens with zero attached hydrogens (tertiary/aromatic N) is 1. The minimum atomic E-state index is -0.797. The SMILES string of the molecule is C=CCN1C(=O)N[C@@H](c2cccc(F)c2)C(C(=O)Nc2ccccc2OC)=C1C. The van der Waals surface area contributed by atoms with E-state index >= 15 is 0 Å². The van der Waals surface area contributed by atoms with E-state index in [1.165, 1.54) is 30.2 Å². The number of anilines is 1. The first-order chi connectivity index (χ1) is 14.0. The summed E-state index contributed by atoms with van der Waals surface area (Å²) in [5.41, 5.74) is 1.74. The Morgan fingerprint density at radius 2 is 2.07 bits per heavy atom. The van der Waals surface area contributed by atoms with Gasteiger partial charge in [0.05, 0.1) is 24.4 Å². The van der Waals surface area contributed by atoms with Gasteiger partial charge in [-0.05, 0) is 36.8 Å². The van der Waals surface area contributed by atoms with Crippen molar-refractivity contribution in [2.24, 2.45) is 0 Å². The molecule has 3 amide bonds. The highest BCUT2D eigenvalue weighted by atomic mass is 19.1. The number of hydrogen-bond acceptors (Lipinski definition) is 3. The van der Waals surface area contributed by atoms with Gasteiger partial charge in [-0.1, -0.05) is 30.3 Å². The van der Waals surface area contributed by atoms with Crippen molar-refractivity contribution in [3.8, 4) is 5.75 Å². The number of para-hydroxylation sites is 2. The lowest BCUT2D eigenvalue weighted by atomic mass is 9.94. The number of carbonyl (C=O) groups excluding carboxylic acids is 2. The average molecular weight is 395 g/mol. The minimum Gasteiger partial charge on any atom is -0.495 e. The Balaban J connectivity index is 2.06. The summed E-state index contributed by atoms with van der Waals surface area (Å²) in [5, 5.41) is 5.63. The molecule has 0 unspecified atom stereocenters. The lowest BCUT2D eigenvalue weighted by Crippen LogP contribution is -2.48. The molecule has 1 atom stereocenters. The van der Waals surface area contributed by atoms with Crippen molar-refractivity contribution in [2.45, 2.75) is 13.0 Å². The standard InChI is InChI=1S/C22H22FN3O3/c1-4-12-26-14(2)19(21(27)24-17-10-5-6-11-18(17)29-3)20(25-22(26)28)15-8-7-9-16(23)13-15/h4-11,13,20H,1,12H2,2-3H3,(H,24,27)(H,25,28)/t20-/m0/s1. The maximum Gasteiger partial charge on any atom is 0.322 e. The Kier molecular flexibility index (Phi) is 5.97. The van der Waals surface area contributed by atoms with Gasteiger partial charge in [-0.2, -0.15) is 0 Å². The van der Waals surface area contributed by atoms with Crippen LogP contribution in [0, 0.1) is 5.82 Å². The van der Waals surface area contributed by atoms with Crippen LogP contribution in [0.25, 0.3) is 0 Å². The van der Waals surface area contributed by atoms with Crippen molar-refractivity contribution in [2.75, 3.05) is 19.0 Å². The van der Waals surface area contributed by atoms with Gasteiger partial charge in [-0.25, -0.2) is 9.18 Å². The molecule has 0 spiro atoms. The van der Waals surface area contributed by atoms with E-state index in [1.807, 2.05) is 0 Å². The van der Waals surface area contributed by atoms with Gasteiger partial charge in [0.25, 0.3) is 5.91 Å². The van der Waals surface area contributed by atoms with E-state index in [1.54, 1.807) is 43.3 Å². The van der Waals surface area contributed by atoms with E-state index in [9.17, 15) is 14.0 Å². The maximum atomic E-state index is 13.8. The fourth-order valence-electron chi connectivity index (χ4n) is 3.30. The summed E-state index contributed by atoms with van der Waals surface area (Å²) in [6.45, 7) is 5.58. The van der Waals surface area contributed by atoms with Gasteiger partial charge in [0, 0.05) is 12.2 Å². The largest absolute Gasteiger partial charge is 0.495 e. The molecule has 6 nitrogen and oxygen atoms in total. The number of amides is 3. The van der Waals surface area contributed by atoms with Gasteiger partial charge in [0.2, 0.25) is 0 Å². The normalized spacial score (nSPS) is 16.3. The third-order valence-electron chi connectivity index (χ3n) is 4.69. The molecular weight excluding hydrogens is 373 g/mol. The van der Waals surface area contributed by atoms with Crippen molar-refractivity contribution in [3.63, 3.8) is 0 Å². The summed E-state index contributed by atoms with van der Waals surface area (Å²) in [6.07, 6.45) is 1.57. The van der Waals surface area contributed by atoms with Crippen molar-refractivity contribution in [1.82, 2.24) is 10.2 Å². The number of ether oxygens (including phenoxy) is 1. The molecule has 2 aromatic carbocycles. The van der Waals surface area contributed by atoms with Gasteiger partial charge in [0.1, 0.15) is 11.6 Å². The second kappa shape index (κ2) is 8.60. The summed E-state index contributed by atoms with van der Waals surface area (Å²) in [5.74, 6) is -0.369. The maximum absolute atomic E-state index is 13.8. The van der Waals surface area contributed by atoms with Crippen LogP contribution in [0.1, 0.15) is 18.5 Å². The highest BCUT2D eigenvalue weighted by Gasteiger charge is 2.35. The summed E-state index contributed by atoms with van der Waals surface area (Å²) < 4.78 is 19.1. The Labute approximate surface area is 168 Å². The highest BCUT2D eigenvalue weighted by Crippen LogP contribution is 2.32. The predicted molar refractivity (Wildman–Crippen MR) is 109 cm³/mol. The van der Waals surface area contributed by atoms with Crippen molar-refractivity contribution in [3.05, 3.63) is 83.8 Å². The molecule has 150 valence electrons. The second-order valence-electron chi connectivity index (χ2n) is 6.49. The molecule has 29 heavy (non-hydrogen) atoms. The van der Waals surface area contributed by atoms with E-state index in [0.29, 0.717) is 28.3 Å². The van der Waals surface area contributed by atoms with Crippen LogP contribution < -0.4 is 15.4 Å². The van der Waals surface area contributed by atoms with Gasteiger partial charge >= 0.3 is 6.03 Å². The number of urea groups is 1. The molecule has 1 heterocycles. The molecular formula is C22H22FN3O3. The van der Waals surface area contributed by atoms with Crippen LogP contribution in [0.2, 0.25) is 0 Å². The smallest absolute Gasteiger partial charge is 0.322 e. The fourth-order valence-corrected chi connectivity index (χ4v) is 3.30. The number of allylic oxidation sites excluding steroid dienone is 1. The van der Waals surface area contributed by atoms with Gasteiger partial charge in [0.15, 0.2) is 0 Å². The molecule has 2 N–H and O–H groups in total. The van der Waals surface area contributed by atoms with Crippen molar-refractivity contribution >= 4 is 17.6 Å². The monoisotopic (exact) mass is 395 g/mol. The van der Waals surface area contributed by atoms with Crippen LogP contribution >= 0.6 is 0 Å². The number of nitrogens with one attached hydrogen (secondary N) is 2. The van der Waals surface area contributed by atoms with Crippen molar-refractivity contribution in [1.29, 1.82) is 0 Å². The number of rotatable bonds is 6. The van der Waals surface area contributed by atoms with E-state index in [2.05, 4.69) is 17.2 Å². The third-order valence-corrected chi connectivity index (χ3v) is 4.69. The summed E-state index contributed by atoms with van der Waals surface area (Å²) in [6, 6.07) is 11.6. The van der Waals surface area contributed by atoms with E-state index < -0.39 is 17.8 Å². The number of methoxy groups -OCH3 is 1. The third kappa shape index (κ3) is 4.13. The fraction of sp³-hybridized carbons (Fsp3) is 0.182. The molecule has 1 aliphatic rings. The molecule has 0 fully saturated rings. The first-order valence-corrected chi connectivity index (χ1v) is 9.05. The molecule has 0 aliphatic carbocycles. The molecule has 1 aliphatic heterocycles. The number of benzene rings is 2. The zero-order chi connectivity index (χ0) is 21.0. The summed E-state index contributed by atoms with van der Waals surface area (Å²) in [4.78, 5) is 27.2. The van der Waals surface area contributed by atoms with E-state index in [0.717, 1.165) is 0 Å². The van der Waals surface area contributed by atoms with Crippen LogP contribution in [0.5, 0.6) is 5.75 Å². The van der Waals surface area contributed by atoms with Gasteiger partial charge < -0.3 is 15.4 Å². The minimum absolute atomic E-state index is 0.235. The lowest BCUT2D eigenvalue weighted by molar-refractivity contribution is -0.113. The highest BCUT2D eigenvalue weighted by molar-refractivity contribution is 6.07. The number of halogens is 1. The lowest BCUT2D eigenvalue weighted by Gasteiger charge is -2.35. The number of hydrogen-bond donors (Lipinski definition) is 2. The molecule has 0 radical (unpaired) electrons. The summed E-state index contributed by atoms with van der Waals surface area (Å²) in [7, 11) is 1.51. The Bertz CT molecular complexity index is 987. The topological polar surface area (TPSA) is 70.7 Å². The molecule has 0 saturated carbocycles. The zero-order valence-electron chi connectivity index (χ0n) is 16.2. The van der Waals surface area contributed by atoms with Crippen LogP contribution in [0.4, 0.5) is 14.9 Å². The van der Waals surface area contributed by atoms with Crippen LogP contribution in [-0.2, 0) is 4.79 Å².